The van der Waals surface area contributed by atoms with Gasteiger partial charge in [0.25, 0.3) is 0 Å². The average Bonchev–Trinajstić information content (AvgIpc) is 2.33. The number of likely N-dealkylation sites (N-methyl/N-ethyl adjacent to an activating group) is 1. The number of amides is 1. The molecule has 1 aromatic rings. The minimum Gasteiger partial charge on any atom is -0.389 e. The summed E-state index contributed by atoms with van der Waals surface area (Å²) in [6, 6.07) is 3.71. The molecule has 1 aromatic carbocycles. The van der Waals surface area contributed by atoms with E-state index >= 15 is 0 Å². The standard InChI is InChI=1S/C13H17Br3N2O3/c1-18(5-9(19)7-21-2)6-12(20)17-13-10(15)3-8(14)4-11(13)16/h3-4,9,19H,5-7H2,1-2H3,(H,17,20). The van der Waals surface area contributed by atoms with Crippen LogP contribution in [-0.4, -0.2) is 55.9 Å². The quantitative estimate of drug-likeness (QED) is 0.619. The maximum absolute atomic E-state index is 12.0. The fraction of sp³-hybridized carbons (Fsp3) is 0.462. The molecule has 2 N–H and O–H groups in total. The van der Waals surface area contributed by atoms with Gasteiger partial charge in [0.2, 0.25) is 5.91 Å². The Balaban J connectivity index is 2.58. The predicted octanol–water partition coefficient (Wildman–Crippen LogP) is 2.85. The van der Waals surface area contributed by atoms with Crippen molar-refractivity contribution >= 4 is 59.4 Å². The summed E-state index contributed by atoms with van der Waals surface area (Å²) < 4.78 is 7.31. The molecule has 5 nitrogen and oxygen atoms in total. The second kappa shape index (κ2) is 9.22. The normalized spacial score (nSPS) is 12.5. The van der Waals surface area contributed by atoms with Gasteiger partial charge in [-0.1, -0.05) is 15.9 Å². The van der Waals surface area contributed by atoms with Gasteiger partial charge in [-0.15, -0.1) is 0 Å². The highest BCUT2D eigenvalue weighted by molar-refractivity contribution is 9.11. The highest BCUT2D eigenvalue weighted by Crippen LogP contribution is 2.34. The molecule has 1 unspecified atom stereocenters. The highest BCUT2D eigenvalue weighted by Gasteiger charge is 2.14. The van der Waals surface area contributed by atoms with E-state index in [4.69, 9.17) is 4.74 Å². The molecule has 1 amide bonds. The van der Waals surface area contributed by atoms with Crippen LogP contribution in [-0.2, 0) is 9.53 Å². The zero-order valence-corrected chi connectivity index (χ0v) is 16.5. The Bertz CT molecular complexity index is 477. The van der Waals surface area contributed by atoms with Crippen LogP contribution in [0.3, 0.4) is 0 Å². The predicted molar refractivity (Wildman–Crippen MR) is 93.6 cm³/mol. The molecule has 21 heavy (non-hydrogen) atoms. The number of rotatable bonds is 7. The number of hydrogen-bond donors (Lipinski definition) is 2. The Morgan fingerprint density at radius 2 is 1.95 bits per heavy atom. The van der Waals surface area contributed by atoms with E-state index in [1.165, 1.54) is 7.11 Å². The summed E-state index contributed by atoms with van der Waals surface area (Å²) in [7, 11) is 3.29. The van der Waals surface area contributed by atoms with Crippen molar-refractivity contribution in [1.29, 1.82) is 0 Å². The first-order valence-corrected chi connectivity index (χ1v) is 8.51. The van der Waals surface area contributed by atoms with E-state index in [0.717, 1.165) is 13.4 Å². The topological polar surface area (TPSA) is 61.8 Å². The molecule has 0 aliphatic rings. The van der Waals surface area contributed by atoms with E-state index < -0.39 is 6.10 Å². The maximum atomic E-state index is 12.0. The van der Waals surface area contributed by atoms with Crippen LogP contribution in [0.1, 0.15) is 0 Å². The Hall–Kier alpha value is 0.01000. The zero-order chi connectivity index (χ0) is 16.0. The highest BCUT2D eigenvalue weighted by atomic mass is 79.9. The van der Waals surface area contributed by atoms with Gasteiger partial charge in [0.1, 0.15) is 0 Å². The third kappa shape index (κ3) is 6.75. The van der Waals surface area contributed by atoms with Crippen molar-refractivity contribution in [3.05, 3.63) is 25.6 Å². The zero-order valence-electron chi connectivity index (χ0n) is 11.7. The van der Waals surface area contributed by atoms with Crippen LogP contribution >= 0.6 is 47.8 Å². The first kappa shape index (κ1) is 19.1. The maximum Gasteiger partial charge on any atom is 0.238 e. The summed E-state index contributed by atoms with van der Waals surface area (Å²) >= 11 is 10.2. The minimum absolute atomic E-state index is 0.161. The summed E-state index contributed by atoms with van der Waals surface area (Å²) in [4.78, 5) is 13.8. The first-order chi connectivity index (χ1) is 9.83. The molecule has 0 saturated carbocycles. The number of carbonyl (C=O) groups excluding carboxylic acids is 1. The number of nitrogens with zero attached hydrogens (tertiary/aromatic N) is 1. The molecule has 0 spiro atoms. The number of hydrogen-bond acceptors (Lipinski definition) is 4. The molecule has 0 bridgehead atoms. The lowest BCUT2D eigenvalue weighted by Gasteiger charge is -2.20. The van der Waals surface area contributed by atoms with Crippen molar-refractivity contribution in [2.45, 2.75) is 6.10 Å². The van der Waals surface area contributed by atoms with Crippen molar-refractivity contribution < 1.29 is 14.6 Å². The Kier molecular flexibility index (Phi) is 8.36. The van der Waals surface area contributed by atoms with Gasteiger partial charge in [0.05, 0.1) is 24.9 Å². The molecule has 0 fully saturated rings. The molecule has 118 valence electrons. The van der Waals surface area contributed by atoms with Gasteiger partial charge >= 0.3 is 0 Å². The molecule has 0 aromatic heterocycles. The van der Waals surface area contributed by atoms with Crippen LogP contribution in [0.25, 0.3) is 0 Å². The molecule has 0 radical (unpaired) electrons. The molecule has 0 aliphatic heterocycles. The summed E-state index contributed by atoms with van der Waals surface area (Å²) in [5.74, 6) is -0.161. The number of carbonyl (C=O) groups is 1. The number of anilines is 1. The van der Waals surface area contributed by atoms with Crippen molar-refractivity contribution in [3.8, 4) is 0 Å². The minimum atomic E-state index is -0.612. The molecular formula is C13H17Br3N2O3. The lowest BCUT2D eigenvalue weighted by atomic mass is 10.3. The number of aliphatic hydroxyl groups excluding tert-OH is 1. The molecule has 1 rings (SSSR count). The van der Waals surface area contributed by atoms with Gasteiger partial charge in [0.15, 0.2) is 0 Å². The monoisotopic (exact) mass is 486 g/mol. The van der Waals surface area contributed by atoms with E-state index in [2.05, 4.69) is 53.1 Å². The number of nitrogens with one attached hydrogen (secondary N) is 1. The fourth-order valence-corrected chi connectivity index (χ4v) is 4.21. The average molecular weight is 489 g/mol. The third-order valence-electron chi connectivity index (χ3n) is 2.57. The third-order valence-corrected chi connectivity index (χ3v) is 4.27. The van der Waals surface area contributed by atoms with Gasteiger partial charge in [-0.25, -0.2) is 0 Å². The van der Waals surface area contributed by atoms with E-state index in [9.17, 15) is 9.90 Å². The molecule has 0 saturated heterocycles. The van der Waals surface area contributed by atoms with Gasteiger partial charge < -0.3 is 15.2 Å². The number of aliphatic hydroxyl groups is 1. The number of halogens is 3. The van der Waals surface area contributed by atoms with Crippen LogP contribution in [0.5, 0.6) is 0 Å². The van der Waals surface area contributed by atoms with Gasteiger partial charge in [-0.2, -0.15) is 0 Å². The van der Waals surface area contributed by atoms with E-state index in [0.29, 0.717) is 12.2 Å². The van der Waals surface area contributed by atoms with Crippen LogP contribution in [0.2, 0.25) is 0 Å². The van der Waals surface area contributed by atoms with Gasteiger partial charge in [-0.05, 0) is 51.0 Å². The first-order valence-electron chi connectivity index (χ1n) is 6.13. The van der Waals surface area contributed by atoms with Crippen molar-refractivity contribution in [2.24, 2.45) is 0 Å². The second-order valence-electron chi connectivity index (χ2n) is 4.60. The van der Waals surface area contributed by atoms with Crippen LogP contribution in [0, 0.1) is 0 Å². The lowest BCUT2D eigenvalue weighted by molar-refractivity contribution is -0.117. The van der Waals surface area contributed by atoms with E-state index in [1.807, 2.05) is 12.1 Å². The van der Waals surface area contributed by atoms with Crippen LogP contribution in [0.4, 0.5) is 5.69 Å². The van der Waals surface area contributed by atoms with Crippen molar-refractivity contribution in [3.63, 3.8) is 0 Å². The molecule has 1 atom stereocenters. The fourth-order valence-electron chi connectivity index (χ4n) is 1.76. The van der Waals surface area contributed by atoms with E-state index in [-0.39, 0.29) is 19.1 Å². The Morgan fingerprint density at radius 3 is 2.48 bits per heavy atom. The van der Waals surface area contributed by atoms with Crippen molar-refractivity contribution in [1.82, 2.24) is 4.90 Å². The number of benzene rings is 1. The Morgan fingerprint density at radius 1 is 1.38 bits per heavy atom. The molecule has 0 aliphatic carbocycles. The molecular weight excluding hydrogens is 472 g/mol. The lowest BCUT2D eigenvalue weighted by Crippen LogP contribution is -2.37. The Labute approximate surface area is 149 Å². The summed E-state index contributed by atoms with van der Waals surface area (Å²) in [6.45, 7) is 0.787. The number of methoxy groups -OCH3 is 1. The van der Waals surface area contributed by atoms with E-state index in [1.54, 1.807) is 11.9 Å². The summed E-state index contributed by atoms with van der Waals surface area (Å²) in [5.41, 5.74) is 0.675. The number of ether oxygens (including phenoxy) is 1. The largest absolute Gasteiger partial charge is 0.389 e. The van der Waals surface area contributed by atoms with Crippen LogP contribution in [0.15, 0.2) is 25.6 Å². The smallest absolute Gasteiger partial charge is 0.238 e. The summed E-state index contributed by atoms with van der Waals surface area (Å²) in [5, 5.41) is 12.5. The summed E-state index contributed by atoms with van der Waals surface area (Å²) in [6.07, 6.45) is -0.612. The van der Waals surface area contributed by atoms with Crippen LogP contribution < -0.4 is 5.32 Å². The van der Waals surface area contributed by atoms with Crippen molar-refractivity contribution in [2.75, 3.05) is 39.2 Å². The SMILES string of the molecule is COCC(O)CN(C)CC(=O)Nc1c(Br)cc(Br)cc1Br. The molecule has 0 heterocycles. The second-order valence-corrected chi connectivity index (χ2v) is 7.22. The van der Waals surface area contributed by atoms with Gasteiger partial charge in [0, 0.05) is 27.1 Å². The van der Waals surface area contributed by atoms with Gasteiger partial charge in [-0.3, -0.25) is 9.69 Å². The molecule has 8 heteroatoms.